The van der Waals surface area contributed by atoms with Gasteiger partial charge in [0.2, 0.25) is 0 Å². The average Bonchev–Trinajstić information content (AvgIpc) is 2.77. The van der Waals surface area contributed by atoms with Crippen LogP contribution in [0.15, 0.2) is 23.0 Å². The van der Waals surface area contributed by atoms with Gasteiger partial charge in [-0.25, -0.2) is 0 Å². The topological polar surface area (TPSA) is 16.4 Å². The molecule has 2 atom stereocenters. The lowest BCUT2D eigenvalue weighted by Gasteiger charge is -2.25. The lowest BCUT2D eigenvalue weighted by molar-refractivity contribution is 0.207. The van der Waals surface area contributed by atoms with Crippen molar-refractivity contribution in [3.8, 4) is 0 Å². The maximum atomic E-state index is 5.08. The fraction of sp³-hybridized carbons (Fsp3) is 0.636. The maximum Gasteiger partial charge on any atom is 0.0947 e. The van der Waals surface area contributed by atoms with E-state index in [1.54, 1.807) is 6.26 Å². The number of hydrogen-bond donors (Lipinski definition) is 0. The van der Waals surface area contributed by atoms with Crippen molar-refractivity contribution in [3.05, 3.63) is 24.2 Å². The molecule has 0 radical (unpaired) electrons. The van der Waals surface area contributed by atoms with Crippen LogP contribution in [-0.4, -0.2) is 17.5 Å². The highest BCUT2D eigenvalue weighted by Crippen LogP contribution is 2.43. The second-order valence-electron chi connectivity index (χ2n) is 4.31. The van der Waals surface area contributed by atoms with E-state index in [-0.39, 0.29) is 0 Å². The number of likely N-dealkylation sites (tertiary alicyclic amines) is 1. The quantitative estimate of drug-likeness (QED) is 0.689. The first-order valence-electron chi connectivity index (χ1n) is 5.18. The molecule has 1 saturated carbocycles. The van der Waals surface area contributed by atoms with Crippen LogP contribution in [0, 0.1) is 5.92 Å². The second kappa shape index (κ2) is 2.88. The van der Waals surface area contributed by atoms with Crippen molar-refractivity contribution in [3.63, 3.8) is 0 Å². The summed E-state index contributed by atoms with van der Waals surface area (Å²) in [6.45, 7) is 2.38. The van der Waals surface area contributed by atoms with E-state index in [4.69, 9.17) is 4.42 Å². The van der Waals surface area contributed by atoms with Crippen LogP contribution in [-0.2, 0) is 6.54 Å². The van der Waals surface area contributed by atoms with Crippen molar-refractivity contribution < 1.29 is 4.42 Å². The highest BCUT2D eigenvalue weighted by Gasteiger charge is 2.43. The minimum Gasteiger partial charge on any atom is -0.472 e. The van der Waals surface area contributed by atoms with Gasteiger partial charge in [-0.15, -0.1) is 0 Å². The van der Waals surface area contributed by atoms with Crippen LogP contribution >= 0.6 is 0 Å². The van der Waals surface area contributed by atoms with Crippen LogP contribution in [0.5, 0.6) is 0 Å². The van der Waals surface area contributed by atoms with Gasteiger partial charge in [-0.3, -0.25) is 4.90 Å². The zero-order valence-corrected chi connectivity index (χ0v) is 7.78. The highest BCUT2D eigenvalue weighted by molar-refractivity contribution is 5.08. The Kier molecular flexibility index (Phi) is 1.69. The van der Waals surface area contributed by atoms with Crippen LogP contribution in [0.1, 0.15) is 24.8 Å². The molecule has 1 aliphatic heterocycles. The molecule has 70 valence electrons. The first-order valence-corrected chi connectivity index (χ1v) is 5.18. The van der Waals surface area contributed by atoms with E-state index in [1.807, 2.05) is 6.26 Å². The molecular weight excluding hydrogens is 162 g/mol. The van der Waals surface area contributed by atoms with Crippen molar-refractivity contribution in [1.82, 2.24) is 4.90 Å². The molecule has 2 nitrogen and oxygen atoms in total. The summed E-state index contributed by atoms with van der Waals surface area (Å²) in [5, 5.41) is 0. The van der Waals surface area contributed by atoms with E-state index in [9.17, 15) is 0 Å². The minimum atomic E-state index is 0.906. The van der Waals surface area contributed by atoms with E-state index in [0.717, 1.165) is 18.5 Å². The van der Waals surface area contributed by atoms with Gasteiger partial charge in [-0.2, -0.15) is 0 Å². The summed E-state index contributed by atoms with van der Waals surface area (Å²) >= 11 is 0. The summed E-state index contributed by atoms with van der Waals surface area (Å²) in [6, 6.07) is 2.98. The third kappa shape index (κ3) is 1.39. The summed E-state index contributed by atoms with van der Waals surface area (Å²) < 4.78 is 5.08. The molecule has 3 rings (SSSR count). The summed E-state index contributed by atoms with van der Waals surface area (Å²) in [6.07, 6.45) is 7.93. The number of rotatable bonds is 2. The van der Waals surface area contributed by atoms with Crippen molar-refractivity contribution in [2.75, 3.05) is 6.54 Å². The van der Waals surface area contributed by atoms with E-state index >= 15 is 0 Å². The number of nitrogens with zero attached hydrogens (tertiary/aromatic N) is 1. The Balaban J connectivity index is 1.66. The predicted molar refractivity (Wildman–Crippen MR) is 50.2 cm³/mol. The summed E-state index contributed by atoms with van der Waals surface area (Å²) in [5.41, 5.74) is 1.33. The molecule has 13 heavy (non-hydrogen) atoms. The van der Waals surface area contributed by atoms with Gasteiger partial charge in [0.25, 0.3) is 0 Å². The number of fused-ring (bicyclic) bond motifs is 1. The summed E-state index contributed by atoms with van der Waals surface area (Å²) in [4.78, 5) is 2.61. The van der Waals surface area contributed by atoms with Gasteiger partial charge in [-0.05, 0) is 37.8 Å². The van der Waals surface area contributed by atoms with Gasteiger partial charge in [0.1, 0.15) is 0 Å². The highest BCUT2D eigenvalue weighted by atomic mass is 16.3. The smallest absolute Gasteiger partial charge is 0.0947 e. The van der Waals surface area contributed by atoms with Crippen LogP contribution in [0.2, 0.25) is 0 Å². The van der Waals surface area contributed by atoms with Gasteiger partial charge in [0.15, 0.2) is 0 Å². The zero-order chi connectivity index (χ0) is 8.67. The maximum absolute atomic E-state index is 5.08. The summed E-state index contributed by atoms with van der Waals surface area (Å²) in [5.74, 6) is 1.03. The molecule has 0 aromatic carbocycles. The van der Waals surface area contributed by atoms with Crippen LogP contribution in [0.3, 0.4) is 0 Å². The molecule has 0 unspecified atom stereocenters. The number of piperidine rings is 1. The third-order valence-electron chi connectivity index (χ3n) is 3.34. The normalized spacial score (nSPS) is 32.9. The SMILES string of the molecule is c1cc(CN2CCC[C@@H]3C[C@@H]32)co1. The lowest BCUT2D eigenvalue weighted by Crippen LogP contribution is -2.30. The molecule has 1 aromatic heterocycles. The fourth-order valence-electron chi connectivity index (χ4n) is 2.52. The van der Waals surface area contributed by atoms with E-state index < -0.39 is 0 Å². The molecule has 1 saturated heterocycles. The minimum absolute atomic E-state index is 0.906. The predicted octanol–water partition coefficient (Wildman–Crippen LogP) is 2.26. The van der Waals surface area contributed by atoms with Gasteiger partial charge < -0.3 is 4.42 Å². The molecule has 1 aromatic rings. The fourth-order valence-corrected chi connectivity index (χ4v) is 2.52. The molecule has 2 heteroatoms. The van der Waals surface area contributed by atoms with Crippen molar-refractivity contribution in [2.24, 2.45) is 5.92 Å². The molecule has 0 bridgehead atoms. The molecule has 0 amide bonds. The summed E-state index contributed by atoms with van der Waals surface area (Å²) in [7, 11) is 0. The Morgan fingerprint density at radius 2 is 2.54 bits per heavy atom. The second-order valence-corrected chi connectivity index (χ2v) is 4.31. The van der Waals surface area contributed by atoms with Crippen molar-refractivity contribution in [2.45, 2.75) is 31.8 Å². The molecular formula is C11H15NO. The van der Waals surface area contributed by atoms with Crippen LogP contribution in [0.4, 0.5) is 0 Å². The zero-order valence-electron chi connectivity index (χ0n) is 7.78. The number of hydrogen-bond acceptors (Lipinski definition) is 2. The van der Waals surface area contributed by atoms with Crippen molar-refractivity contribution in [1.29, 1.82) is 0 Å². The van der Waals surface area contributed by atoms with E-state index in [1.165, 1.54) is 31.4 Å². The lowest BCUT2D eigenvalue weighted by atomic mass is 10.1. The van der Waals surface area contributed by atoms with Gasteiger partial charge >= 0.3 is 0 Å². The molecule has 0 N–H and O–H groups in total. The van der Waals surface area contributed by atoms with E-state index in [0.29, 0.717) is 0 Å². The van der Waals surface area contributed by atoms with Crippen LogP contribution in [0.25, 0.3) is 0 Å². The monoisotopic (exact) mass is 177 g/mol. The van der Waals surface area contributed by atoms with Crippen molar-refractivity contribution >= 4 is 0 Å². The Labute approximate surface area is 78.5 Å². The van der Waals surface area contributed by atoms with Crippen LogP contribution < -0.4 is 0 Å². The largest absolute Gasteiger partial charge is 0.472 e. The first-order chi connectivity index (χ1) is 6.43. The number of furan rings is 1. The van der Waals surface area contributed by atoms with E-state index in [2.05, 4.69) is 11.0 Å². The molecule has 1 aliphatic carbocycles. The Morgan fingerprint density at radius 1 is 1.54 bits per heavy atom. The van der Waals surface area contributed by atoms with Gasteiger partial charge in [0.05, 0.1) is 12.5 Å². The van der Waals surface area contributed by atoms with Gasteiger partial charge in [-0.1, -0.05) is 0 Å². The third-order valence-corrected chi connectivity index (χ3v) is 3.34. The molecule has 2 fully saturated rings. The molecule has 0 spiro atoms. The molecule has 2 aliphatic rings. The first kappa shape index (κ1) is 7.63. The Hall–Kier alpha value is -0.760. The Morgan fingerprint density at radius 3 is 3.38 bits per heavy atom. The Bertz CT molecular complexity index is 280. The standard InChI is InChI=1S/C11H15NO/c1-2-10-6-11(10)12(4-1)7-9-3-5-13-8-9/h3,5,8,10-11H,1-2,4,6-7H2/t10-,11+/m1/s1. The molecule has 2 heterocycles. The van der Waals surface area contributed by atoms with Gasteiger partial charge in [0, 0.05) is 18.2 Å². The average molecular weight is 177 g/mol.